The van der Waals surface area contributed by atoms with E-state index in [0.29, 0.717) is 18.8 Å². The van der Waals surface area contributed by atoms with E-state index in [9.17, 15) is 8.42 Å². The summed E-state index contributed by atoms with van der Waals surface area (Å²) in [6.45, 7) is 0.593. The highest BCUT2D eigenvalue weighted by Crippen LogP contribution is 2.25. The molecule has 1 aliphatic rings. The fraction of sp³-hybridized carbons (Fsp3) is 1.00. The Bertz CT molecular complexity index is 274. The van der Waals surface area contributed by atoms with Crippen LogP contribution >= 0.6 is 11.6 Å². The molecule has 1 rings (SSSR count). The molecule has 0 atom stereocenters. The van der Waals surface area contributed by atoms with Crippen LogP contribution in [0.4, 0.5) is 0 Å². The molecule has 0 aromatic rings. The molecule has 0 aliphatic heterocycles. The van der Waals surface area contributed by atoms with Gasteiger partial charge in [0.25, 0.3) is 0 Å². The van der Waals surface area contributed by atoms with Crippen molar-refractivity contribution in [1.82, 2.24) is 4.72 Å². The van der Waals surface area contributed by atoms with Gasteiger partial charge >= 0.3 is 0 Å². The highest BCUT2D eigenvalue weighted by Gasteiger charge is 2.14. The minimum absolute atomic E-state index is 0.154. The van der Waals surface area contributed by atoms with Crippen molar-refractivity contribution >= 4 is 21.6 Å². The van der Waals surface area contributed by atoms with Gasteiger partial charge in [0.2, 0.25) is 10.0 Å². The summed E-state index contributed by atoms with van der Waals surface area (Å²) in [7, 11) is -3.08. The monoisotopic (exact) mass is 267 g/mol. The number of nitrogens with one attached hydrogen (secondary N) is 1. The van der Waals surface area contributed by atoms with E-state index in [2.05, 4.69) is 4.72 Å². The molecule has 0 saturated heterocycles. The topological polar surface area (TPSA) is 46.2 Å². The Morgan fingerprint density at radius 1 is 1.19 bits per heavy atom. The average molecular weight is 268 g/mol. The number of hydrogen-bond acceptors (Lipinski definition) is 2. The zero-order valence-corrected chi connectivity index (χ0v) is 11.3. The molecule has 96 valence electrons. The minimum Gasteiger partial charge on any atom is -0.215 e. The maximum absolute atomic E-state index is 11.5. The Morgan fingerprint density at radius 2 is 1.88 bits per heavy atom. The van der Waals surface area contributed by atoms with Gasteiger partial charge in [-0.1, -0.05) is 32.1 Å². The van der Waals surface area contributed by atoms with E-state index in [1.807, 2.05) is 0 Å². The van der Waals surface area contributed by atoms with Crippen molar-refractivity contribution in [3.63, 3.8) is 0 Å². The van der Waals surface area contributed by atoms with Gasteiger partial charge in [0.15, 0.2) is 0 Å². The zero-order valence-electron chi connectivity index (χ0n) is 9.75. The standard InChI is InChI=1S/C11H22ClNO2S/c12-8-4-10-16(14,15)13-9-7-11-5-2-1-3-6-11/h11,13H,1-10H2. The Balaban J connectivity index is 2.13. The van der Waals surface area contributed by atoms with E-state index in [0.717, 1.165) is 12.3 Å². The molecule has 0 heterocycles. The Labute approximate surface area is 104 Å². The summed E-state index contributed by atoms with van der Waals surface area (Å²) < 4.78 is 25.6. The number of sulfonamides is 1. The molecule has 1 N–H and O–H groups in total. The number of halogens is 1. The first-order valence-corrected chi connectivity index (χ1v) is 8.36. The first-order valence-electron chi connectivity index (χ1n) is 6.17. The van der Waals surface area contributed by atoms with E-state index in [-0.39, 0.29) is 5.75 Å². The van der Waals surface area contributed by atoms with Crippen LogP contribution in [-0.2, 0) is 10.0 Å². The average Bonchev–Trinajstić information content (AvgIpc) is 2.28. The van der Waals surface area contributed by atoms with Crippen LogP contribution in [0.2, 0.25) is 0 Å². The van der Waals surface area contributed by atoms with E-state index >= 15 is 0 Å². The Morgan fingerprint density at radius 3 is 2.50 bits per heavy atom. The van der Waals surface area contributed by atoms with Crippen molar-refractivity contribution in [2.45, 2.75) is 44.9 Å². The maximum Gasteiger partial charge on any atom is 0.211 e. The van der Waals surface area contributed by atoms with Crippen LogP contribution in [0.5, 0.6) is 0 Å². The van der Waals surface area contributed by atoms with E-state index in [1.54, 1.807) is 0 Å². The van der Waals surface area contributed by atoms with Crippen LogP contribution in [0.25, 0.3) is 0 Å². The molecule has 0 aromatic carbocycles. The van der Waals surface area contributed by atoms with Crippen molar-refractivity contribution in [3.05, 3.63) is 0 Å². The number of alkyl halides is 1. The van der Waals surface area contributed by atoms with Crippen LogP contribution in [0, 0.1) is 5.92 Å². The van der Waals surface area contributed by atoms with E-state index in [1.165, 1.54) is 32.1 Å². The fourth-order valence-corrected chi connectivity index (χ4v) is 3.60. The molecule has 0 amide bonds. The minimum atomic E-state index is -3.08. The highest BCUT2D eigenvalue weighted by atomic mass is 35.5. The summed E-state index contributed by atoms with van der Waals surface area (Å²) in [5.74, 6) is 1.29. The summed E-state index contributed by atoms with van der Waals surface area (Å²) in [4.78, 5) is 0. The van der Waals surface area contributed by atoms with Crippen LogP contribution in [-0.4, -0.2) is 26.6 Å². The predicted molar refractivity (Wildman–Crippen MR) is 68.3 cm³/mol. The second-order valence-electron chi connectivity index (χ2n) is 4.55. The lowest BCUT2D eigenvalue weighted by molar-refractivity contribution is 0.339. The number of hydrogen-bond donors (Lipinski definition) is 1. The van der Waals surface area contributed by atoms with Gasteiger partial charge in [0.1, 0.15) is 0 Å². The summed E-state index contributed by atoms with van der Waals surface area (Å²) in [6, 6.07) is 0. The first-order chi connectivity index (χ1) is 7.64. The lowest BCUT2D eigenvalue weighted by Gasteiger charge is -2.21. The van der Waals surface area contributed by atoms with Gasteiger partial charge in [0, 0.05) is 12.4 Å². The van der Waals surface area contributed by atoms with Gasteiger partial charge in [-0.15, -0.1) is 11.6 Å². The summed E-state index contributed by atoms with van der Waals surface area (Å²) in [5.41, 5.74) is 0. The third-order valence-electron chi connectivity index (χ3n) is 3.15. The molecule has 5 heteroatoms. The van der Waals surface area contributed by atoms with Crippen molar-refractivity contribution < 1.29 is 8.42 Å². The van der Waals surface area contributed by atoms with Crippen molar-refractivity contribution in [1.29, 1.82) is 0 Å². The number of rotatable bonds is 7. The molecule has 0 radical (unpaired) electrons. The molecule has 1 fully saturated rings. The van der Waals surface area contributed by atoms with Gasteiger partial charge in [0.05, 0.1) is 5.75 Å². The van der Waals surface area contributed by atoms with Crippen LogP contribution in [0.15, 0.2) is 0 Å². The lowest BCUT2D eigenvalue weighted by Crippen LogP contribution is -2.29. The van der Waals surface area contributed by atoms with Gasteiger partial charge in [-0.25, -0.2) is 13.1 Å². The second kappa shape index (κ2) is 7.51. The molecule has 16 heavy (non-hydrogen) atoms. The van der Waals surface area contributed by atoms with Gasteiger partial charge < -0.3 is 0 Å². The summed E-state index contributed by atoms with van der Waals surface area (Å²) >= 11 is 5.47. The first kappa shape index (κ1) is 14.3. The molecule has 0 bridgehead atoms. The zero-order chi connectivity index (χ0) is 11.9. The molecule has 0 unspecified atom stereocenters. The fourth-order valence-electron chi connectivity index (χ4n) is 2.21. The van der Waals surface area contributed by atoms with Gasteiger partial charge in [-0.2, -0.15) is 0 Å². The molecule has 1 saturated carbocycles. The third kappa shape index (κ3) is 6.06. The molecule has 0 aromatic heterocycles. The van der Waals surface area contributed by atoms with E-state index < -0.39 is 10.0 Å². The summed E-state index contributed by atoms with van der Waals surface area (Å²) in [6.07, 6.45) is 8.01. The normalized spacial score (nSPS) is 18.8. The predicted octanol–water partition coefficient (Wildman–Crippen LogP) is 2.51. The second-order valence-corrected chi connectivity index (χ2v) is 6.85. The molecule has 3 nitrogen and oxygen atoms in total. The smallest absolute Gasteiger partial charge is 0.211 e. The van der Waals surface area contributed by atoms with Crippen LogP contribution in [0.1, 0.15) is 44.9 Å². The lowest BCUT2D eigenvalue weighted by atomic mass is 9.87. The van der Waals surface area contributed by atoms with Gasteiger partial charge in [-0.3, -0.25) is 0 Å². The Hall–Kier alpha value is 0.200. The van der Waals surface area contributed by atoms with Crippen LogP contribution < -0.4 is 4.72 Å². The van der Waals surface area contributed by atoms with Crippen LogP contribution in [0.3, 0.4) is 0 Å². The largest absolute Gasteiger partial charge is 0.215 e. The van der Waals surface area contributed by atoms with E-state index in [4.69, 9.17) is 11.6 Å². The molecular weight excluding hydrogens is 246 g/mol. The maximum atomic E-state index is 11.5. The van der Waals surface area contributed by atoms with Crippen molar-refractivity contribution in [3.8, 4) is 0 Å². The summed E-state index contributed by atoms with van der Waals surface area (Å²) in [5, 5.41) is 0. The SMILES string of the molecule is O=S(=O)(CCCCl)NCCC1CCCCC1. The third-order valence-corrected chi connectivity index (χ3v) is 4.88. The van der Waals surface area contributed by atoms with Crippen molar-refractivity contribution in [2.24, 2.45) is 5.92 Å². The molecular formula is C11H22ClNO2S. The Kier molecular flexibility index (Phi) is 6.70. The highest BCUT2D eigenvalue weighted by molar-refractivity contribution is 7.89. The molecule has 1 aliphatic carbocycles. The van der Waals surface area contributed by atoms with Gasteiger partial charge in [-0.05, 0) is 18.8 Å². The molecule has 0 spiro atoms. The quantitative estimate of drug-likeness (QED) is 0.721. The van der Waals surface area contributed by atoms with Crippen molar-refractivity contribution in [2.75, 3.05) is 18.2 Å².